The van der Waals surface area contributed by atoms with Gasteiger partial charge in [-0.15, -0.1) is 0 Å². The number of hydrogen-bond acceptors (Lipinski definition) is 15. The Morgan fingerprint density at radius 2 is 0.865 bits per heavy atom. The largest absolute Gasteiger partial charge is 0.480 e. The number of carboxylic acid groups (broad SMARTS) is 1. The molecule has 0 aliphatic carbocycles. The maximum Gasteiger partial charge on any atom is 0.328 e. The summed E-state index contributed by atoms with van der Waals surface area (Å²) in [6, 6.07) is -11.8. The molecule has 26 nitrogen and oxygen atoms in total. The summed E-state index contributed by atoms with van der Waals surface area (Å²) in [7, 11) is 0. The lowest BCUT2D eigenvalue weighted by Gasteiger charge is -2.31. The highest BCUT2D eigenvalue weighted by atomic mass is 32.1. The molecule has 0 spiro atoms. The van der Waals surface area contributed by atoms with Crippen LogP contribution in [0.4, 0.5) is 0 Å². The topological polar surface area (TPSA) is 450 Å². The van der Waals surface area contributed by atoms with Crippen LogP contribution < -0.4 is 71.2 Å². The van der Waals surface area contributed by atoms with Gasteiger partial charge < -0.3 is 81.4 Å². The standard InChI is InChI=1S/C47H88N14O12S/c1-9-24(5)34(58-38(64)28(49)16-13-14-20-48)45(71)57-32(23-74)41(67)61-36(26(7)11-3)42(68)54-29(17-15-21-53-47(51)52)39(65)59-35(25(6)10-2)43(69)55-30(18-19-33(50)63)40(66)60-37(27(8)12-4)44(70)56-31(22-62)46(72)73/h24-32,34-37,62,74H,9-23,48-49H2,1-8H3,(H2,50,63)(H,54,68)(H,55,69)(H,56,70)(H,57,71)(H,58,64)(H,59,65)(H,60,66)(H,61,67)(H,72,73)(H4,51,52,53). The molecule has 0 bridgehead atoms. The van der Waals surface area contributed by atoms with E-state index >= 15 is 0 Å². The molecule has 0 aliphatic rings. The molecule has 0 radical (unpaired) electrons. The number of aliphatic hydroxyl groups is 1. The Morgan fingerprint density at radius 1 is 0.500 bits per heavy atom. The first-order valence-electron chi connectivity index (χ1n) is 25.5. The summed E-state index contributed by atoms with van der Waals surface area (Å²) in [5.74, 6) is -11.3. The van der Waals surface area contributed by atoms with Gasteiger partial charge in [0.25, 0.3) is 0 Å². The molecule has 0 aliphatic heterocycles. The van der Waals surface area contributed by atoms with E-state index in [-0.39, 0.29) is 43.4 Å². The van der Waals surface area contributed by atoms with Crippen LogP contribution in [0, 0.1) is 23.7 Å². The summed E-state index contributed by atoms with van der Waals surface area (Å²) in [5, 5.41) is 39.5. The number of primary amides is 1. The average Bonchev–Trinajstić information content (AvgIpc) is 3.36. The van der Waals surface area contributed by atoms with Crippen LogP contribution in [-0.2, 0) is 47.9 Å². The van der Waals surface area contributed by atoms with Crippen LogP contribution in [0.1, 0.15) is 126 Å². The van der Waals surface area contributed by atoms with Gasteiger partial charge in [-0.1, -0.05) is 87.5 Å². The van der Waals surface area contributed by atoms with Gasteiger partial charge in [0, 0.05) is 18.7 Å². The number of aliphatic hydroxyl groups excluding tert-OH is 1. The highest BCUT2D eigenvalue weighted by Gasteiger charge is 2.38. The van der Waals surface area contributed by atoms with Crippen LogP contribution in [0.3, 0.4) is 0 Å². The zero-order valence-electron chi connectivity index (χ0n) is 44.4. The minimum atomic E-state index is -1.68. The molecular formula is C47H88N14O12S. The van der Waals surface area contributed by atoms with E-state index in [0.717, 1.165) is 0 Å². The van der Waals surface area contributed by atoms with E-state index in [1.54, 1.807) is 48.5 Å². The molecule has 20 N–H and O–H groups in total. The molecule has 9 amide bonds. The minimum absolute atomic E-state index is 0.0354. The van der Waals surface area contributed by atoms with E-state index in [2.05, 4.69) is 60.2 Å². The molecule has 0 rings (SSSR count). The van der Waals surface area contributed by atoms with Gasteiger partial charge >= 0.3 is 5.97 Å². The third-order valence-corrected chi connectivity index (χ3v) is 13.3. The van der Waals surface area contributed by atoms with Crippen molar-refractivity contribution < 1.29 is 58.2 Å². The fourth-order valence-corrected chi connectivity index (χ4v) is 7.48. The predicted octanol–water partition coefficient (Wildman–Crippen LogP) is -3.17. The van der Waals surface area contributed by atoms with Crippen LogP contribution >= 0.6 is 12.6 Å². The molecule has 0 saturated carbocycles. The van der Waals surface area contributed by atoms with Gasteiger partial charge in [-0.25, -0.2) is 4.79 Å². The fourth-order valence-electron chi connectivity index (χ4n) is 7.22. The smallest absolute Gasteiger partial charge is 0.328 e. The molecule has 424 valence electrons. The quantitative estimate of drug-likeness (QED) is 0.0126. The van der Waals surface area contributed by atoms with Gasteiger partial charge in [-0.3, -0.25) is 48.1 Å². The monoisotopic (exact) mass is 1070 g/mol. The first-order valence-corrected chi connectivity index (χ1v) is 26.1. The predicted molar refractivity (Wildman–Crippen MR) is 281 cm³/mol. The third kappa shape index (κ3) is 24.5. The molecule has 27 heteroatoms. The Hall–Kier alpha value is -5.80. The zero-order chi connectivity index (χ0) is 56.8. The lowest BCUT2D eigenvalue weighted by molar-refractivity contribution is -0.143. The summed E-state index contributed by atoms with van der Waals surface area (Å²) >= 11 is 4.30. The van der Waals surface area contributed by atoms with Gasteiger partial charge in [0.2, 0.25) is 53.2 Å². The van der Waals surface area contributed by atoms with Crippen molar-refractivity contribution in [1.82, 2.24) is 42.5 Å². The summed E-state index contributed by atoms with van der Waals surface area (Å²) < 4.78 is 0. The van der Waals surface area contributed by atoms with Gasteiger partial charge in [0.05, 0.1) is 12.6 Å². The second kappa shape index (κ2) is 36.2. The second-order valence-corrected chi connectivity index (χ2v) is 19.1. The van der Waals surface area contributed by atoms with Crippen molar-refractivity contribution in [3.05, 3.63) is 0 Å². The lowest BCUT2D eigenvalue weighted by Crippen LogP contribution is -2.62. The zero-order valence-corrected chi connectivity index (χ0v) is 45.3. The van der Waals surface area contributed by atoms with Gasteiger partial charge in [-0.05, 0) is 62.3 Å². The van der Waals surface area contributed by atoms with Crippen LogP contribution in [0.25, 0.3) is 0 Å². The number of nitrogens with two attached hydrogens (primary N) is 5. The van der Waals surface area contributed by atoms with Crippen molar-refractivity contribution in [3.8, 4) is 0 Å². The first-order chi connectivity index (χ1) is 34.8. The summed E-state index contributed by atoms with van der Waals surface area (Å²) in [6.07, 6.45) is 2.43. The van der Waals surface area contributed by atoms with E-state index in [0.29, 0.717) is 51.5 Å². The van der Waals surface area contributed by atoms with Crippen LogP contribution in [0.2, 0.25) is 0 Å². The summed E-state index contributed by atoms with van der Waals surface area (Å²) in [4.78, 5) is 138. The minimum Gasteiger partial charge on any atom is -0.480 e. The molecular weight excluding hydrogens is 985 g/mol. The van der Waals surface area contributed by atoms with Crippen molar-refractivity contribution in [3.63, 3.8) is 0 Å². The molecule has 0 fully saturated rings. The van der Waals surface area contributed by atoms with Gasteiger partial charge in [-0.2, -0.15) is 12.6 Å². The van der Waals surface area contributed by atoms with E-state index in [9.17, 15) is 58.2 Å². The number of nitrogens with zero attached hydrogens (tertiary/aromatic N) is 1. The molecule has 13 atom stereocenters. The molecule has 13 unspecified atom stereocenters. The third-order valence-electron chi connectivity index (χ3n) is 13.0. The van der Waals surface area contributed by atoms with Crippen molar-refractivity contribution in [1.29, 1.82) is 0 Å². The van der Waals surface area contributed by atoms with Crippen LogP contribution in [0.5, 0.6) is 0 Å². The Balaban J connectivity index is 6.81. The number of guanidine groups is 1. The van der Waals surface area contributed by atoms with Crippen molar-refractivity contribution >= 4 is 77.7 Å². The Bertz CT molecular complexity index is 1880. The number of unbranched alkanes of at least 4 members (excludes halogenated alkanes) is 1. The number of nitrogens with one attached hydrogen (secondary N) is 8. The first kappa shape index (κ1) is 68.2. The molecule has 74 heavy (non-hydrogen) atoms. The molecule has 0 aromatic rings. The van der Waals surface area contributed by atoms with E-state index < -0.39 is 144 Å². The number of aliphatic imine (C=N–C) groups is 1. The molecule has 0 aromatic carbocycles. The van der Waals surface area contributed by atoms with Crippen molar-refractivity contribution in [2.75, 3.05) is 25.4 Å². The molecule has 0 saturated heterocycles. The van der Waals surface area contributed by atoms with E-state index in [1.807, 2.05) is 6.92 Å². The normalized spacial score (nSPS) is 16.4. The number of amides is 9. The number of hydrogen-bond donors (Lipinski definition) is 16. The maximum absolute atomic E-state index is 14.3. The summed E-state index contributed by atoms with van der Waals surface area (Å²) in [5.41, 5.74) is 28.1. The number of rotatable bonds is 38. The highest BCUT2D eigenvalue weighted by Crippen LogP contribution is 2.16. The highest BCUT2D eigenvalue weighted by molar-refractivity contribution is 7.80. The Morgan fingerprint density at radius 3 is 1.20 bits per heavy atom. The number of carbonyl (C=O) groups excluding carboxylic acids is 9. The Labute approximate surface area is 440 Å². The Kier molecular flexibility index (Phi) is 33.4. The molecule has 0 heterocycles. The van der Waals surface area contributed by atoms with Crippen molar-refractivity contribution in [2.24, 2.45) is 57.3 Å². The lowest BCUT2D eigenvalue weighted by atomic mass is 9.95. The second-order valence-electron chi connectivity index (χ2n) is 18.8. The van der Waals surface area contributed by atoms with E-state index in [4.69, 9.17) is 28.7 Å². The van der Waals surface area contributed by atoms with Gasteiger partial charge in [0.15, 0.2) is 5.96 Å². The SMILES string of the molecule is CCC(C)C(NC(=O)C(N)CCCCN)C(=O)NC(CS)C(=O)NC(C(=O)NC(CCCN=C(N)N)C(=O)NC(C(=O)NC(CCC(N)=O)C(=O)NC(C(=O)NC(CO)C(=O)O)C(C)CC)C(C)CC)C(C)CC. The average molecular weight is 1070 g/mol. The number of carbonyl (C=O) groups is 10. The van der Waals surface area contributed by atoms with Crippen LogP contribution in [-0.4, -0.2) is 155 Å². The summed E-state index contributed by atoms with van der Waals surface area (Å²) in [6.45, 7) is 13.3. The fraction of sp³-hybridized carbons (Fsp3) is 0.766. The van der Waals surface area contributed by atoms with Gasteiger partial charge in [0.1, 0.15) is 48.3 Å². The van der Waals surface area contributed by atoms with Crippen molar-refractivity contribution in [2.45, 2.75) is 180 Å². The van der Waals surface area contributed by atoms with Crippen LogP contribution in [0.15, 0.2) is 4.99 Å². The number of carboxylic acids is 1. The van der Waals surface area contributed by atoms with E-state index in [1.165, 1.54) is 0 Å². The molecule has 0 aromatic heterocycles. The number of thiol groups is 1. The maximum atomic E-state index is 14.3. The number of aliphatic carboxylic acids is 1.